The number of para-hydroxylation sites is 1. The summed E-state index contributed by atoms with van der Waals surface area (Å²) in [5, 5.41) is 5.27. The van der Waals surface area contributed by atoms with E-state index in [2.05, 4.69) is 26.6 Å². The number of hydrogen-bond acceptors (Lipinski definition) is 4. The average molecular weight is 419 g/mol. The van der Waals surface area contributed by atoms with Gasteiger partial charge in [0.2, 0.25) is 11.8 Å². The van der Waals surface area contributed by atoms with Gasteiger partial charge in [0.15, 0.2) is 5.78 Å². The van der Waals surface area contributed by atoms with Crippen molar-refractivity contribution in [2.75, 3.05) is 19.0 Å². The SMILES string of the molecule is COc1ccc(C(C)=O)cc1CC(=O)NCC(=O)Nc1ccccc1Br. The third-order valence-corrected chi connectivity index (χ3v) is 4.32. The predicted molar refractivity (Wildman–Crippen MR) is 102 cm³/mol. The summed E-state index contributed by atoms with van der Waals surface area (Å²) in [6.45, 7) is 1.30. The van der Waals surface area contributed by atoms with E-state index >= 15 is 0 Å². The summed E-state index contributed by atoms with van der Waals surface area (Å²) < 4.78 is 5.98. The van der Waals surface area contributed by atoms with Crippen LogP contribution in [-0.2, 0) is 16.0 Å². The second-order valence-electron chi connectivity index (χ2n) is 5.56. The first kappa shape index (κ1) is 19.7. The van der Waals surface area contributed by atoms with Crippen molar-refractivity contribution in [2.24, 2.45) is 0 Å². The summed E-state index contributed by atoms with van der Waals surface area (Å²) in [6, 6.07) is 12.1. The van der Waals surface area contributed by atoms with Gasteiger partial charge in [-0.2, -0.15) is 0 Å². The van der Waals surface area contributed by atoms with Gasteiger partial charge in [-0.1, -0.05) is 12.1 Å². The topological polar surface area (TPSA) is 84.5 Å². The number of benzene rings is 2. The highest BCUT2D eigenvalue weighted by Gasteiger charge is 2.13. The van der Waals surface area contributed by atoms with Crippen molar-refractivity contribution >= 4 is 39.2 Å². The van der Waals surface area contributed by atoms with E-state index in [0.29, 0.717) is 22.6 Å². The lowest BCUT2D eigenvalue weighted by Gasteiger charge is -2.11. The number of Topliss-reactive ketones (excluding diaryl/α,β-unsaturated/α-hetero) is 1. The summed E-state index contributed by atoms with van der Waals surface area (Å²) in [6.07, 6.45) is 0.00655. The molecule has 2 N–H and O–H groups in total. The summed E-state index contributed by atoms with van der Waals surface area (Å²) in [5.74, 6) is -0.258. The van der Waals surface area contributed by atoms with Gasteiger partial charge in [-0.15, -0.1) is 0 Å². The average Bonchev–Trinajstić information content (AvgIpc) is 2.62. The number of hydrogen-bond donors (Lipinski definition) is 2. The summed E-state index contributed by atoms with van der Waals surface area (Å²) >= 11 is 3.34. The molecule has 7 heteroatoms. The molecule has 6 nitrogen and oxygen atoms in total. The molecule has 0 aliphatic heterocycles. The Labute approximate surface area is 160 Å². The number of nitrogens with one attached hydrogen (secondary N) is 2. The fraction of sp³-hybridized carbons (Fsp3) is 0.211. The van der Waals surface area contributed by atoms with E-state index in [1.165, 1.54) is 14.0 Å². The Morgan fingerprint density at radius 1 is 1.08 bits per heavy atom. The van der Waals surface area contributed by atoms with E-state index < -0.39 is 0 Å². The van der Waals surface area contributed by atoms with Crippen LogP contribution in [0.15, 0.2) is 46.9 Å². The first-order chi connectivity index (χ1) is 12.4. The Morgan fingerprint density at radius 2 is 1.81 bits per heavy atom. The molecule has 26 heavy (non-hydrogen) atoms. The lowest BCUT2D eigenvalue weighted by molar-refractivity contribution is -0.123. The van der Waals surface area contributed by atoms with E-state index in [0.717, 1.165) is 4.47 Å². The molecule has 2 aromatic carbocycles. The maximum Gasteiger partial charge on any atom is 0.243 e. The van der Waals surface area contributed by atoms with Crippen LogP contribution in [0.25, 0.3) is 0 Å². The molecular weight excluding hydrogens is 400 g/mol. The fourth-order valence-corrected chi connectivity index (χ4v) is 2.69. The van der Waals surface area contributed by atoms with Crippen LogP contribution in [0.2, 0.25) is 0 Å². The number of anilines is 1. The molecule has 0 aromatic heterocycles. The van der Waals surface area contributed by atoms with Crippen molar-refractivity contribution in [2.45, 2.75) is 13.3 Å². The molecule has 0 aliphatic rings. The highest BCUT2D eigenvalue weighted by atomic mass is 79.9. The lowest BCUT2D eigenvalue weighted by Crippen LogP contribution is -2.33. The van der Waals surface area contributed by atoms with Gasteiger partial charge in [0.1, 0.15) is 5.75 Å². The second-order valence-corrected chi connectivity index (χ2v) is 6.42. The van der Waals surface area contributed by atoms with Gasteiger partial charge in [0.25, 0.3) is 0 Å². The molecule has 2 amide bonds. The maximum absolute atomic E-state index is 12.1. The Morgan fingerprint density at radius 3 is 2.46 bits per heavy atom. The molecule has 0 heterocycles. The van der Waals surface area contributed by atoms with Crippen molar-refractivity contribution in [3.05, 3.63) is 58.1 Å². The first-order valence-corrected chi connectivity index (χ1v) is 8.69. The molecule has 0 radical (unpaired) electrons. The van der Waals surface area contributed by atoms with E-state index in [1.54, 1.807) is 30.3 Å². The van der Waals surface area contributed by atoms with Crippen LogP contribution in [0.3, 0.4) is 0 Å². The zero-order valence-electron chi connectivity index (χ0n) is 14.5. The molecule has 0 fully saturated rings. The number of ketones is 1. The molecule has 2 aromatic rings. The van der Waals surface area contributed by atoms with E-state index in [-0.39, 0.29) is 30.6 Å². The largest absolute Gasteiger partial charge is 0.496 e. The highest BCUT2D eigenvalue weighted by Crippen LogP contribution is 2.22. The summed E-state index contributed by atoms with van der Waals surface area (Å²) in [5.41, 5.74) is 1.71. The third kappa shape index (κ3) is 5.42. The summed E-state index contributed by atoms with van der Waals surface area (Å²) in [4.78, 5) is 35.6. The molecule has 0 bridgehead atoms. The van der Waals surface area contributed by atoms with Crippen LogP contribution < -0.4 is 15.4 Å². The number of carbonyl (C=O) groups excluding carboxylic acids is 3. The minimum Gasteiger partial charge on any atom is -0.496 e. The van der Waals surface area contributed by atoms with Crippen molar-refractivity contribution in [3.8, 4) is 5.75 Å². The molecule has 2 rings (SSSR count). The smallest absolute Gasteiger partial charge is 0.243 e. The van der Waals surface area contributed by atoms with Gasteiger partial charge >= 0.3 is 0 Å². The van der Waals surface area contributed by atoms with Gasteiger partial charge < -0.3 is 15.4 Å². The molecule has 0 saturated heterocycles. The molecule has 0 atom stereocenters. The molecule has 0 unspecified atom stereocenters. The van der Waals surface area contributed by atoms with Crippen molar-refractivity contribution in [1.29, 1.82) is 0 Å². The normalized spacial score (nSPS) is 10.1. The van der Waals surface area contributed by atoms with Gasteiger partial charge in [-0.05, 0) is 53.2 Å². The first-order valence-electron chi connectivity index (χ1n) is 7.89. The Balaban J connectivity index is 1.94. The minimum absolute atomic E-state index is 0.00655. The molecule has 0 saturated carbocycles. The van der Waals surface area contributed by atoms with Crippen LogP contribution in [0, 0.1) is 0 Å². The quantitative estimate of drug-likeness (QED) is 0.676. The highest BCUT2D eigenvalue weighted by molar-refractivity contribution is 9.10. The predicted octanol–water partition coefficient (Wildman–Crippen LogP) is 2.96. The Hall–Kier alpha value is -2.67. The van der Waals surface area contributed by atoms with Gasteiger partial charge in [-0.3, -0.25) is 14.4 Å². The van der Waals surface area contributed by atoms with Crippen LogP contribution in [0.5, 0.6) is 5.75 Å². The molecular formula is C19H19BrN2O4. The zero-order chi connectivity index (χ0) is 19.1. The number of ether oxygens (including phenoxy) is 1. The lowest BCUT2D eigenvalue weighted by atomic mass is 10.0. The Bertz CT molecular complexity index is 836. The molecule has 0 spiro atoms. The second kappa shape index (κ2) is 9.15. The van der Waals surface area contributed by atoms with Crippen molar-refractivity contribution in [3.63, 3.8) is 0 Å². The standard InChI is InChI=1S/C19H19BrN2O4/c1-12(23)13-7-8-17(26-2)14(9-13)10-18(24)21-11-19(25)22-16-6-4-3-5-15(16)20/h3-9H,10-11H2,1-2H3,(H,21,24)(H,22,25). The number of rotatable bonds is 7. The number of amides is 2. The zero-order valence-corrected chi connectivity index (χ0v) is 16.1. The monoisotopic (exact) mass is 418 g/mol. The maximum atomic E-state index is 12.1. The van der Waals surface area contributed by atoms with E-state index in [1.807, 2.05) is 12.1 Å². The van der Waals surface area contributed by atoms with Gasteiger partial charge in [0.05, 0.1) is 25.8 Å². The minimum atomic E-state index is -0.341. The number of methoxy groups -OCH3 is 1. The van der Waals surface area contributed by atoms with Crippen molar-refractivity contribution in [1.82, 2.24) is 5.32 Å². The molecule has 136 valence electrons. The third-order valence-electron chi connectivity index (χ3n) is 3.63. The van der Waals surface area contributed by atoms with Crippen LogP contribution in [-0.4, -0.2) is 31.3 Å². The van der Waals surface area contributed by atoms with Crippen LogP contribution in [0.1, 0.15) is 22.8 Å². The van der Waals surface area contributed by atoms with Crippen LogP contribution >= 0.6 is 15.9 Å². The number of carbonyl (C=O) groups is 3. The van der Waals surface area contributed by atoms with Gasteiger partial charge in [0, 0.05) is 15.6 Å². The van der Waals surface area contributed by atoms with E-state index in [9.17, 15) is 14.4 Å². The number of halogens is 1. The van der Waals surface area contributed by atoms with Crippen molar-refractivity contribution < 1.29 is 19.1 Å². The Kier molecular flexibility index (Phi) is 6.91. The van der Waals surface area contributed by atoms with Crippen LogP contribution in [0.4, 0.5) is 5.69 Å². The van der Waals surface area contributed by atoms with E-state index in [4.69, 9.17) is 4.74 Å². The summed E-state index contributed by atoms with van der Waals surface area (Å²) in [7, 11) is 1.50. The molecule has 0 aliphatic carbocycles. The fourth-order valence-electron chi connectivity index (χ4n) is 2.31. The van der Waals surface area contributed by atoms with Gasteiger partial charge in [-0.25, -0.2) is 0 Å².